The molecule has 1 fully saturated rings. The molecule has 3 rings (SSSR count). The Kier molecular flexibility index (Phi) is 3.89. The van der Waals surface area contributed by atoms with E-state index in [2.05, 4.69) is 5.32 Å². The van der Waals surface area contributed by atoms with E-state index >= 15 is 0 Å². The molecule has 1 aromatic rings. The number of nitrogens with one attached hydrogen (secondary N) is 1. The second-order valence-electron chi connectivity index (χ2n) is 7.12. The molecule has 4 nitrogen and oxygen atoms in total. The molecule has 4 heteroatoms. The van der Waals surface area contributed by atoms with Crippen molar-refractivity contribution in [1.82, 2.24) is 5.32 Å². The van der Waals surface area contributed by atoms with Crippen LogP contribution in [0.3, 0.4) is 0 Å². The molecular formula is C18H25NO3. The van der Waals surface area contributed by atoms with E-state index in [-0.39, 0.29) is 23.5 Å². The third-order valence-corrected chi connectivity index (χ3v) is 4.53. The fourth-order valence-corrected chi connectivity index (χ4v) is 3.08. The van der Waals surface area contributed by atoms with Crippen molar-refractivity contribution in [2.24, 2.45) is 5.92 Å². The van der Waals surface area contributed by atoms with Crippen LogP contribution in [-0.2, 0) is 4.79 Å². The lowest BCUT2D eigenvalue weighted by atomic mass is 9.88. The smallest absolute Gasteiger partial charge is 0.223 e. The minimum Gasteiger partial charge on any atom is -0.487 e. The molecule has 2 atom stereocenters. The lowest BCUT2D eigenvalue weighted by Crippen LogP contribution is -2.41. The normalized spacial score (nSPS) is 24.1. The van der Waals surface area contributed by atoms with Gasteiger partial charge in [-0.3, -0.25) is 4.79 Å². The zero-order chi connectivity index (χ0) is 15.9. The fraction of sp³-hybridized carbons (Fsp3) is 0.611. The number of fused-ring (bicyclic) bond motifs is 1. The minimum atomic E-state index is -0.472. The van der Waals surface area contributed by atoms with Gasteiger partial charge in [0, 0.05) is 17.9 Å². The van der Waals surface area contributed by atoms with Gasteiger partial charge in [-0.1, -0.05) is 13.0 Å². The molecule has 2 unspecified atom stereocenters. The van der Waals surface area contributed by atoms with Crippen LogP contribution in [0.25, 0.3) is 0 Å². The lowest BCUT2D eigenvalue weighted by molar-refractivity contribution is -0.123. The number of aliphatic hydroxyl groups excluding tert-OH is 1. The molecule has 1 saturated carbocycles. The summed E-state index contributed by atoms with van der Waals surface area (Å²) in [7, 11) is 0. The van der Waals surface area contributed by atoms with Gasteiger partial charge in [0.05, 0.1) is 12.1 Å². The third-order valence-electron chi connectivity index (χ3n) is 4.53. The van der Waals surface area contributed by atoms with Gasteiger partial charge in [-0.05, 0) is 50.8 Å². The van der Waals surface area contributed by atoms with Crippen molar-refractivity contribution >= 4 is 5.91 Å². The van der Waals surface area contributed by atoms with Crippen LogP contribution >= 0.6 is 0 Å². The number of hydrogen-bond acceptors (Lipinski definition) is 3. The van der Waals surface area contributed by atoms with E-state index in [1.54, 1.807) is 0 Å². The van der Waals surface area contributed by atoms with Crippen LogP contribution in [0.1, 0.15) is 69.7 Å². The first-order valence-corrected chi connectivity index (χ1v) is 8.21. The molecule has 0 bridgehead atoms. The Morgan fingerprint density at radius 2 is 2.18 bits per heavy atom. The molecule has 1 aliphatic carbocycles. The second-order valence-corrected chi connectivity index (χ2v) is 7.12. The van der Waals surface area contributed by atoms with Crippen LogP contribution < -0.4 is 10.1 Å². The Balaban J connectivity index is 1.91. The summed E-state index contributed by atoms with van der Waals surface area (Å²) in [5.41, 5.74) is 1.56. The highest BCUT2D eigenvalue weighted by Crippen LogP contribution is 2.41. The average Bonchev–Trinajstić information content (AvgIpc) is 3.29. The zero-order valence-electron chi connectivity index (χ0n) is 13.6. The topological polar surface area (TPSA) is 58.6 Å². The Morgan fingerprint density at radius 1 is 1.45 bits per heavy atom. The molecule has 1 aliphatic heterocycles. The van der Waals surface area contributed by atoms with Crippen LogP contribution in [-0.4, -0.2) is 16.6 Å². The molecule has 0 aromatic heterocycles. The maximum atomic E-state index is 12.2. The highest BCUT2D eigenvalue weighted by Gasteiger charge is 2.37. The number of hydrogen-bond donors (Lipinski definition) is 2. The summed E-state index contributed by atoms with van der Waals surface area (Å²) in [6.45, 7) is 6.04. The number of carbonyl (C=O) groups is 1. The molecular weight excluding hydrogens is 278 g/mol. The van der Waals surface area contributed by atoms with Gasteiger partial charge < -0.3 is 15.2 Å². The second kappa shape index (κ2) is 5.58. The highest BCUT2D eigenvalue weighted by atomic mass is 16.5. The molecule has 0 saturated heterocycles. The number of ether oxygens (including phenoxy) is 1. The number of aliphatic hydroxyl groups is 1. The molecule has 1 amide bonds. The van der Waals surface area contributed by atoms with Gasteiger partial charge in [0.25, 0.3) is 0 Å². The van der Waals surface area contributed by atoms with Gasteiger partial charge in [0.1, 0.15) is 11.4 Å². The van der Waals surface area contributed by atoms with E-state index in [1.165, 1.54) is 0 Å². The Labute approximate surface area is 131 Å². The van der Waals surface area contributed by atoms with Crippen molar-refractivity contribution in [2.75, 3.05) is 0 Å². The van der Waals surface area contributed by atoms with E-state index in [9.17, 15) is 9.90 Å². The van der Waals surface area contributed by atoms with E-state index < -0.39 is 6.10 Å². The van der Waals surface area contributed by atoms with Crippen molar-refractivity contribution in [3.05, 3.63) is 29.3 Å². The summed E-state index contributed by atoms with van der Waals surface area (Å²) in [6, 6.07) is 5.77. The van der Waals surface area contributed by atoms with Gasteiger partial charge >= 0.3 is 0 Å². The van der Waals surface area contributed by atoms with Gasteiger partial charge in [-0.2, -0.15) is 0 Å². The number of benzene rings is 1. The zero-order valence-corrected chi connectivity index (χ0v) is 13.6. The van der Waals surface area contributed by atoms with Crippen molar-refractivity contribution < 1.29 is 14.6 Å². The lowest BCUT2D eigenvalue weighted by Gasteiger charge is -2.38. The van der Waals surface area contributed by atoms with Crippen LogP contribution in [0, 0.1) is 5.92 Å². The summed E-state index contributed by atoms with van der Waals surface area (Å²) < 4.78 is 6.04. The fourth-order valence-electron chi connectivity index (χ4n) is 3.08. The van der Waals surface area contributed by atoms with Crippen LogP contribution in [0.5, 0.6) is 5.75 Å². The molecule has 22 heavy (non-hydrogen) atoms. The standard InChI is InChI=1S/C18H25NO3/c1-4-15(20)12-7-8-16-13(9-12)14(10-18(2,3)22-16)19-17(21)11-5-6-11/h7-9,11,14-15,20H,4-6,10H2,1-3H3,(H,19,21). The molecule has 0 spiro atoms. The van der Waals surface area contributed by atoms with Gasteiger partial charge in [0.15, 0.2) is 0 Å². The molecule has 120 valence electrons. The number of rotatable bonds is 4. The van der Waals surface area contributed by atoms with E-state index in [4.69, 9.17) is 4.74 Å². The first-order chi connectivity index (χ1) is 10.4. The summed E-state index contributed by atoms with van der Waals surface area (Å²) in [5, 5.41) is 13.2. The first-order valence-electron chi connectivity index (χ1n) is 8.21. The van der Waals surface area contributed by atoms with E-state index in [0.717, 1.165) is 36.1 Å². The summed E-state index contributed by atoms with van der Waals surface area (Å²) in [4.78, 5) is 12.2. The highest BCUT2D eigenvalue weighted by molar-refractivity contribution is 5.81. The Morgan fingerprint density at radius 3 is 2.82 bits per heavy atom. The van der Waals surface area contributed by atoms with Crippen LogP contribution in [0.15, 0.2) is 18.2 Å². The molecule has 1 aromatic carbocycles. The predicted molar refractivity (Wildman–Crippen MR) is 84.6 cm³/mol. The largest absolute Gasteiger partial charge is 0.487 e. The van der Waals surface area contributed by atoms with Crippen molar-refractivity contribution in [3.8, 4) is 5.75 Å². The molecule has 1 heterocycles. The Bertz CT molecular complexity index is 578. The van der Waals surface area contributed by atoms with Gasteiger partial charge in [0.2, 0.25) is 5.91 Å². The first kappa shape index (κ1) is 15.3. The Hall–Kier alpha value is -1.55. The van der Waals surface area contributed by atoms with Gasteiger partial charge in [-0.25, -0.2) is 0 Å². The quantitative estimate of drug-likeness (QED) is 0.897. The van der Waals surface area contributed by atoms with Crippen LogP contribution in [0.4, 0.5) is 0 Å². The number of amides is 1. The maximum Gasteiger partial charge on any atom is 0.223 e. The monoisotopic (exact) mass is 303 g/mol. The summed E-state index contributed by atoms with van der Waals surface area (Å²) in [6.07, 6.45) is 2.94. The van der Waals surface area contributed by atoms with Crippen LogP contribution in [0.2, 0.25) is 0 Å². The van der Waals surface area contributed by atoms with Gasteiger partial charge in [-0.15, -0.1) is 0 Å². The maximum absolute atomic E-state index is 12.2. The minimum absolute atomic E-state index is 0.0455. The third kappa shape index (κ3) is 3.12. The SMILES string of the molecule is CCC(O)c1ccc2c(c1)C(NC(=O)C1CC1)CC(C)(C)O2. The molecule has 2 N–H and O–H groups in total. The summed E-state index contributed by atoms with van der Waals surface area (Å²) >= 11 is 0. The summed E-state index contributed by atoms with van der Waals surface area (Å²) in [5.74, 6) is 1.15. The van der Waals surface area contributed by atoms with Crippen molar-refractivity contribution in [3.63, 3.8) is 0 Å². The average molecular weight is 303 g/mol. The predicted octanol–water partition coefficient (Wildman–Crippen LogP) is 3.26. The van der Waals surface area contributed by atoms with Crippen molar-refractivity contribution in [2.45, 2.75) is 64.2 Å². The molecule has 0 radical (unpaired) electrons. The molecule has 2 aliphatic rings. The number of carbonyl (C=O) groups excluding carboxylic acids is 1. The van der Waals surface area contributed by atoms with Crippen molar-refractivity contribution in [1.29, 1.82) is 0 Å². The van der Waals surface area contributed by atoms with E-state index in [1.807, 2.05) is 39.0 Å². The van der Waals surface area contributed by atoms with E-state index in [0.29, 0.717) is 6.42 Å².